The van der Waals surface area contributed by atoms with Gasteiger partial charge in [-0.1, -0.05) is 68.2 Å². The SMILES string of the molecule is C[Si](C)(C)CCOC(=O)[C@H](Cc1c[nH]c2ccccc12)NC(=O)OCc1ccccc1. The van der Waals surface area contributed by atoms with Gasteiger partial charge in [-0.25, -0.2) is 9.59 Å². The molecule has 1 heterocycles. The predicted molar refractivity (Wildman–Crippen MR) is 125 cm³/mol. The molecule has 6 nitrogen and oxygen atoms in total. The molecule has 0 bridgehead atoms. The molecule has 3 rings (SSSR count). The zero-order valence-corrected chi connectivity index (χ0v) is 19.3. The number of amides is 1. The Morgan fingerprint density at radius 3 is 2.45 bits per heavy atom. The largest absolute Gasteiger partial charge is 0.464 e. The van der Waals surface area contributed by atoms with Gasteiger partial charge in [0, 0.05) is 31.6 Å². The summed E-state index contributed by atoms with van der Waals surface area (Å²) in [6.45, 7) is 7.17. The summed E-state index contributed by atoms with van der Waals surface area (Å²) < 4.78 is 10.8. The van der Waals surface area contributed by atoms with Crippen molar-refractivity contribution in [1.82, 2.24) is 10.3 Å². The molecule has 1 atom stereocenters. The van der Waals surface area contributed by atoms with Crippen LogP contribution in [0.3, 0.4) is 0 Å². The number of para-hydroxylation sites is 1. The average molecular weight is 439 g/mol. The first kappa shape index (κ1) is 22.6. The fourth-order valence-electron chi connectivity index (χ4n) is 3.18. The molecule has 1 aromatic heterocycles. The van der Waals surface area contributed by atoms with Crippen molar-refractivity contribution < 1.29 is 19.1 Å². The van der Waals surface area contributed by atoms with Gasteiger partial charge < -0.3 is 19.8 Å². The summed E-state index contributed by atoms with van der Waals surface area (Å²) in [5.74, 6) is -0.444. The van der Waals surface area contributed by atoms with Crippen LogP contribution in [0, 0.1) is 0 Å². The van der Waals surface area contributed by atoms with Crippen LogP contribution in [0.4, 0.5) is 4.79 Å². The number of hydrogen-bond donors (Lipinski definition) is 2. The molecule has 7 heteroatoms. The molecule has 0 aliphatic heterocycles. The third-order valence-electron chi connectivity index (χ3n) is 4.98. The molecule has 3 aromatic rings. The summed E-state index contributed by atoms with van der Waals surface area (Å²) in [5.41, 5.74) is 2.80. The summed E-state index contributed by atoms with van der Waals surface area (Å²) >= 11 is 0. The Morgan fingerprint density at radius 2 is 1.71 bits per heavy atom. The minimum absolute atomic E-state index is 0.136. The van der Waals surface area contributed by atoms with Gasteiger partial charge in [-0.15, -0.1) is 0 Å². The monoisotopic (exact) mass is 438 g/mol. The van der Waals surface area contributed by atoms with E-state index in [9.17, 15) is 9.59 Å². The van der Waals surface area contributed by atoms with E-state index >= 15 is 0 Å². The fourth-order valence-corrected chi connectivity index (χ4v) is 3.89. The van der Waals surface area contributed by atoms with Crippen LogP contribution in [0.25, 0.3) is 10.9 Å². The van der Waals surface area contributed by atoms with Crippen LogP contribution in [0.5, 0.6) is 0 Å². The lowest BCUT2D eigenvalue weighted by Crippen LogP contribution is -2.44. The van der Waals surface area contributed by atoms with E-state index in [4.69, 9.17) is 9.47 Å². The lowest BCUT2D eigenvalue weighted by Gasteiger charge is -2.20. The normalized spacial score (nSPS) is 12.4. The van der Waals surface area contributed by atoms with Crippen LogP contribution in [0.1, 0.15) is 11.1 Å². The second-order valence-corrected chi connectivity index (χ2v) is 14.4. The molecule has 0 saturated heterocycles. The molecule has 2 N–H and O–H groups in total. The van der Waals surface area contributed by atoms with Gasteiger partial charge in [0.15, 0.2) is 0 Å². The molecule has 164 valence electrons. The van der Waals surface area contributed by atoms with Gasteiger partial charge in [0.05, 0.1) is 6.61 Å². The number of nitrogens with one attached hydrogen (secondary N) is 2. The number of benzene rings is 2. The predicted octanol–water partition coefficient (Wildman–Crippen LogP) is 4.89. The van der Waals surface area contributed by atoms with E-state index in [0.29, 0.717) is 13.0 Å². The van der Waals surface area contributed by atoms with Crippen molar-refractivity contribution in [2.24, 2.45) is 0 Å². The van der Waals surface area contributed by atoms with Crippen molar-refractivity contribution in [3.05, 3.63) is 71.9 Å². The first-order valence-electron chi connectivity index (χ1n) is 10.5. The summed E-state index contributed by atoms with van der Waals surface area (Å²) in [6.07, 6.45) is 1.54. The maximum atomic E-state index is 12.8. The van der Waals surface area contributed by atoms with Gasteiger partial charge >= 0.3 is 12.1 Å². The fraction of sp³-hybridized carbons (Fsp3) is 0.333. The lowest BCUT2D eigenvalue weighted by atomic mass is 10.1. The van der Waals surface area contributed by atoms with Crippen molar-refractivity contribution >= 4 is 31.0 Å². The zero-order chi connectivity index (χ0) is 22.3. The highest BCUT2D eigenvalue weighted by molar-refractivity contribution is 6.76. The number of hydrogen-bond acceptors (Lipinski definition) is 4. The average Bonchev–Trinajstić information content (AvgIpc) is 3.14. The van der Waals surface area contributed by atoms with Gasteiger partial charge in [0.2, 0.25) is 0 Å². The highest BCUT2D eigenvalue weighted by Gasteiger charge is 2.25. The second-order valence-electron chi connectivity index (χ2n) is 8.80. The van der Waals surface area contributed by atoms with Gasteiger partial charge in [-0.3, -0.25) is 0 Å². The zero-order valence-electron chi connectivity index (χ0n) is 18.3. The highest BCUT2D eigenvalue weighted by atomic mass is 28.3. The van der Waals surface area contributed by atoms with Crippen LogP contribution >= 0.6 is 0 Å². The molecule has 0 fully saturated rings. The van der Waals surface area contributed by atoms with E-state index in [1.165, 1.54) is 0 Å². The maximum absolute atomic E-state index is 12.8. The van der Waals surface area contributed by atoms with E-state index in [2.05, 4.69) is 29.9 Å². The molecule has 0 spiro atoms. The molecular weight excluding hydrogens is 408 g/mol. The molecule has 31 heavy (non-hydrogen) atoms. The standard InChI is InChI=1S/C24H30N2O4Si/c1-31(2,3)14-13-29-23(27)22(15-19-16-25-21-12-8-7-11-20(19)21)26-24(28)30-17-18-9-5-4-6-10-18/h4-12,16,22,25H,13-15,17H2,1-3H3,(H,26,28)/t22-/m0/s1. The minimum Gasteiger partial charge on any atom is -0.464 e. The molecule has 0 saturated carbocycles. The van der Waals surface area contributed by atoms with E-state index in [1.54, 1.807) is 0 Å². The Balaban J connectivity index is 1.67. The van der Waals surface area contributed by atoms with Crippen molar-refractivity contribution in [2.45, 2.75) is 44.8 Å². The van der Waals surface area contributed by atoms with Crippen molar-refractivity contribution in [2.75, 3.05) is 6.61 Å². The number of rotatable bonds is 9. The topological polar surface area (TPSA) is 80.4 Å². The molecular formula is C24H30N2O4Si. The van der Waals surface area contributed by atoms with E-state index in [1.807, 2.05) is 60.8 Å². The number of fused-ring (bicyclic) bond motifs is 1. The summed E-state index contributed by atoms with van der Waals surface area (Å²) in [4.78, 5) is 28.4. The maximum Gasteiger partial charge on any atom is 0.408 e. The van der Waals surface area contributed by atoms with Crippen molar-refractivity contribution in [3.8, 4) is 0 Å². The van der Waals surface area contributed by atoms with E-state index in [0.717, 1.165) is 28.1 Å². The molecule has 0 radical (unpaired) electrons. The smallest absolute Gasteiger partial charge is 0.408 e. The molecule has 0 aliphatic rings. The second kappa shape index (κ2) is 10.3. The molecule has 1 amide bonds. The number of alkyl carbamates (subject to hydrolysis) is 1. The van der Waals surface area contributed by atoms with Crippen LogP contribution in [-0.2, 0) is 27.3 Å². The molecule has 2 aromatic carbocycles. The Bertz CT molecular complexity index is 1010. The third kappa shape index (κ3) is 6.99. The number of H-pyrrole nitrogens is 1. The summed E-state index contributed by atoms with van der Waals surface area (Å²) in [5, 5.41) is 3.72. The third-order valence-corrected chi connectivity index (χ3v) is 6.69. The number of ether oxygens (including phenoxy) is 2. The van der Waals surface area contributed by atoms with Crippen molar-refractivity contribution in [3.63, 3.8) is 0 Å². The lowest BCUT2D eigenvalue weighted by molar-refractivity contribution is -0.145. The van der Waals surface area contributed by atoms with Crippen molar-refractivity contribution in [1.29, 1.82) is 0 Å². The Labute approximate surface area is 184 Å². The van der Waals surface area contributed by atoms with Gasteiger partial charge in [-0.05, 0) is 23.2 Å². The first-order valence-corrected chi connectivity index (χ1v) is 14.2. The first-order chi connectivity index (χ1) is 14.8. The molecule has 0 unspecified atom stereocenters. The van der Waals surface area contributed by atoms with Gasteiger partial charge in [0.25, 0.3) is 0 Å². The van der Waals surface area contributed by atoms with Crippen LogP contribution in [-0.4, -0.2) is 37.8 Å². The van der Waals surface area contributed by atoms with Gasteiger partial charge in [-0.2, -0.15) is 0 Å². The van der Waals surface area contributed by atoms with E-state index in [-0.39, 0.29) is 6.61 Å². The van der Waals surface area contributed by atoms with E-state index < -0.39 is 26.2 Å². The highest BCUT2D eigenvalue weighted by Crippen LogP contribution is 2.20. The molecule has 0 aliphatic carbocycles. The Kier molecular flexibility index (Phi) is 7.52. The summed E-state index contributed by atoms with van der Waals surface area (Å²) in [7, 11) is -1.33. The van der Waals surface area contributed by atoms with Gasteiger partial charge in [0.1, 0.15) is 12.6 Å². The summed E-state index contributed by atoms with van der Waals surface area (Å²) in [6, 6.07) is 17.3. The Morgan fingerprint density at radius 1 is 1.00 bits per heavy atom. The quantitative estimate of drug-likeness (QED) is 0.368. The van der Waals surface area contributed by atoms with Crippen LogP contribution in [0.15, 0.2) is 60.8 Å². The van der Waals surface area contributed by atoms with Crippen LogP contribution in [0.2, 0.25) is 25.7 Å². The number of aromatic nitrogens is 1. The number of carbonyl (C=O) groups excluding carboxylic acids is 2. The number of esters is 1. The van der Waals surface area contributed by atoms with Crippen LogP contribution < -0.4 is 5.32 Å². The number of aromatic amines is 1. The minimum atomic E-state index is -1.33. The Hall–Kier alpha value is -3.06. The number of carbonyl (C=O) groups is 2.